The number of benzene rings is 1. The molecule has 3 atom stereocenters. The maximum absolute atomic E-state index is 13.4. The summed E-state index contributed by atoms with van der Waals surface area (Å²) in [7, 11) is -4.19. The van der Waals surface area contributed by atoms with Gasteiger partial charge in [-0.2, -0.15) is 0 Å². The van der Waals surface area contributed by atoms with E-state index in [1.165, 1.54) is 25.1 Å². The highest BCUT2D eigenvalue weighted by Crippen LogP contribution is 2.30. The van der Waals surface area contributed by atoms with Crippen LogP contribution in [0.1, 0.15) is 27.2 Å². The number of amides is 1. The predicted octanol–water partition coefficient (Wildman–Crippen LogP) is 2.47. The van der Waals surface area contributed by atoms with Gasteiger partial charge in [0.1, 0.15) is 27.4 Å². The van der Waals surface area contributed by atoms with Gasteiger partial charge in [-0.05, 0) is 38.1 Å². The average molecular weight is 552 g/mol. The van der Waals surface area contributed by atoms with Gasteiger partial charge in [-0.25, -0.2) is 23.1 Å². The second-order valence-electron chi connectivity index (χ2n) is 8.39. The number of carbonyl (C=O) groups excluding carboxylic acids is 2. The summed E-state index contributed by atoms with van der Waals surface area (Å²) in [6, 6.07) is 6.65. The molecular formula is C23H26ClN5O7S. The van der Waals surface area contributed by atoms with Crippen molar-refractivity contribution in [2.24, 2.45) is 0 Å². The lowest BCUT2D eigenvalue weighted by Gasteiger charge is -2.22. The lowest BCUT2D eigenvalue weighted by atomic mass is 10.2. The summed E-state index contributed by atoms with van der Waals surface area (Å²) in [6.07, 6.45) is -0.175. The number of fused-ring (bicyclic) bond motifs is 1. The number of sulfonamides is 1. The minimum atomic E-state index is -4.19. The Balaban J connectivity index is 1.61. The predicted molar refractivity (Wildman–Crippen MR) is 134 cm³/mol. The molecule has 3 aromatic rings. The maximum Gasteiger partial charge on any atom is 0.310 e. The van der Waals surface area contributed by atoms with E-state index in [0.717, 1.165) is 0 Å². The number of nitrogens with zero attached hydrogens (tertiary/aromatic N) is 3. The van der Waals surface area contributed by atoms with Crippen LogP contribution in [0.15, 0.2) is 41.6 Å². The van der Waals surface area contributed by atoms with E-state index >= 15 is 0 Å². The summed E-state index contributed by atoms with van der Waals surface area (Å²) in [5.74, 6) is -0.903. The van der Waals surface area contributed by atoms with Crippen LogP contribution in [-0.2, 0) is 35.6 Å². The number of ether oxygens (including phenoxy) is 3. The van der Waals surface area contributed by atoms with Gasteiger partial charge in [0.2, 0.25) is 22.2 Å². The van der Waals surface area contributed by atoms with Crippen LogP contribution >= 0.6 is 11.6 Å². The van der Waals surface area contributed by atoms with E-state index in [1.54, 1.807) is 36.9 Å². The van der Waals surface area contributed by atoms with Gasteiger partial charge in [0.25, 0.3) is 0 Å². The quantitative estimate of drug-likeness (QED) is 0.286. The molecule has 2 N–H and O–H groups in total. The van der Waals surface area contributed by atoms with E-state index in [4.69, 9.17) is 25.8 Å². The van der Waals surface area contributed by atoms with Gasteiger partial charge in [-0.1, -0.05) is 11.6 Å². The summed E-state index contributed by atoms with van der Waals surface area (Å²) in [4.78, 5) is 31.7. The number of aromatic nitrogens is 3. The van der Waals surface area contributed by atoms with E-state index in [9.17, 15) is 18.0 Å². The van der Waals surface area contributed by atoms with E-state index in [-0.39, 0.29) is 36.1 Å². The zero-order valence-electron chi connectivity index (χ0n) is 20.3. The Morgan fingerprint density at radius 2 is 2.11 bits per heavy atom. The molecule has 1 aliphatic rings. The second kappa shape index (κ2) is 11.0. The number of hydrogen-bond acceptors (Lipinski definition) is 9. The summed E-state index contributed by atoms with van der Waals surface area (Å²) in [6.45, 7) is 5.30. The molecule has 0 bridgehead atoms. The molecule has 2 aromatic heterocycles. The third-order valence-corrected chi connectivity index (χ3v) is 7.10. The van der Waals surface area contributed by atoms with E-state index in [1.807, 2.05) is 0 Å². The number of cyclic esters (lactones) is 1. The van der Waals surface area contributed by atoms with E-state index in [0.29, 0.717) is 22.0 Å². The molecule has 3 heterocycles. The van der Waals surface area contributed by atoms with Gasteiger partial charge < -0.3 is 24.1 Å². The fraction of sp³-hybridized carbons (Fsp3) is 0.391. The molecule has 12 nitrogen and oxygen atoms in total. The zero-order chi connectivity index (χ0) is 26.7. The van der Waals surface area contributed by atoms with Crippen LogP contribution in [0.3, 0.4) is 0 Å². The highest BCUT2D eigenvalue weighted by Gasteiger charge is 2.39. The number of anilines is 1. The van der Waals surface area contributed by atoms with Gasteiger partial charge in [0.15, 0.2) is 5.65 Å². The summed E-state index contributed by atoms with van der Waals surface area (Å²) >= 11 is 6.02. The molecule has 14 heteroatoms. The summed E-state index contributed by atoms with van der Waals surface area (Å²) < 4.78 is 47.4. The normalized spacial score (nSPS) is 18.5. The Morgan fingerprint density at radius 3 is 2.84 bits per heavy atom. The van der Waals surface area contributed by atoms with Gasteiger partial charge in [0.05, 0.1) is 25.3 Å². The first-order valence-corrected chi connectivity index (χ1v) is 13.3. The summed E-state index contributed by atoms with van der Waals surface area (Å²) in [5.41, 5.74) is 1.55. The Hall–Kier alpha value is -3.26. The largest absolute Gasteiger partial charge is 0.487 e. The SMILES string of the molecule is CCOC1OC(=O)CC1NS(=O)(=O)c1ccc(NC(C)=O)cc1O[C@H](C)Cn1cnc2ccc(Cl)nc21. The highest BCUT2D eigenvalue weighted by molar-refractivity contribution is 7.89. The van der Waals surface area contributed by atoms with E-state index in [2.05, 4.69) is 20.0 Å². The number of pyridine rings is 1. The monoisotopic (exact) mass is 551 g/mol. The van der Waals surface area contributed by atoms with Crippen LogP contribution in [0.2, 0.25) is 5.15 Å². The van der Waals surface area contributed by atoms with Gasteiger partial charge in [0, 0.05) is 25.3 Å². The van der Waals surface area contributed by atoms with Crippen LogP contribution < -0.4 is 14.8 Å². The topological polar surface area (TPSA) is 151 Å². The molecule has 1 amide bonds. The number of nitrogens with one attached hydrogen (secondary N) is 2. The van der Waals surface area contributed by atoms with Crippen LogP contribution in [-0.4, -0.2) is 59.9 Å². The molecule has 1 saturated heterocycles. The number of halogens is 1. The molecule has 2 unspecified atom stereocenters. The van der Waals surface area contributed by atoms with Crippen molar-refractivity contribution in [3.63, 3.8) is 0 Å². The average Bonchev–Trinajstić information content (AvgIpc) is 3.35. The first-order chi connectivity index (χ1) is 17.6. The number of esters is 1. The fourth-order valence-electron chi connectivity index (χ4n) is 3.89. The number of hydrogen-bond donors (Lipinski definition) is 2. The second-order valence-corrected chi connectivity index (χ2v) is 10.5. The molecule has 198 valence electrons. The van der Waals surface area contributed by atoms with Crippen molar-refractivity contribution in [3.05, 3.63) is 41.8 Å². The molecule has 1 fully saturated rings. The third-order valence-electron chi connectivity index (χ3n) is 5.36. The van der Waals surface area contributed by atoms with E-state index < -0.39 is 34.4 Å². The molecule has 1 aromatic carbocycles. The minimum Gasteiger partial charge on any atom is -0.487 e. The first-order valence-electron chi connectivity index (χ1n) is 11.4. The Kier molecular flexibility index (Phi) is 7.97. The van der Waals surface area contributed by atoms with Crippen LogP contribution in [0.5, 0.6) is 5.75 Å². The van der Waals surface area contributed by atoms with Crippen molar-refractivity contribution in [1.82, 2.24) is 19.3 Å². The number of carbonyl (C=O) groups is 2. The molecule has 37 heavy (non-hydrogen) atoms. The molecular weight excluding hydrogens is 526 g/mol. The molecule has 0 spiro atoms. The van der Waals surface area contributed by atoms with Crippen molar-refractivity contribution >= 4 is 50.4 Å². The third kappa shape index (κ3) is 6.36. The Morgan fingerprint density at radius 1 is 1.32 bits per heavy atom. The van der Waals surface area contributed by atoms with Crippen LogP contribution in [0, 0.1) is 0 Å². The van der Waals surface area contributed by atoms with Crippen molar-refractivity contribution in [2.75, 3.05) is 11.9 Å². The van der Waals surface area contributed by atoms with Crippen molar-refractivity contribution in [2.45, 2.75) is 57.1 Å². The molecule has 0 saturated carbocycles. The van der Waals surface area contributed by atoms with Crippen molar-refractivity contribution in [3.8, 4) is 5.75 Å². The maximum atomic E-state index is 13.4. The smallest absolute Gasteiger partial charge is 0.310 e. The molecule has 4 rings (SSSR count). The lowest BCUT2D eigenvalue weighted by molar-refractivity contribution is -0.163. The minimum absolute atomic E-state index is 0.000126. The van der Waals surface area contributed by atoms with Crippen molar-refractivity contribution in [1.29, 1.82) is 0 Å². The van der Waals surface area contributed by atoms with Crippen LogP contribution in [0.4, 0.5) is 5.69 Å². The lowest BCUT2D eigenvalue weighted by Crippen LogP contribution is -2.41. The summed E-state index contributed by atoms with van der Waals surface area (Å²) in [5, 5.41) is 2.93. The standard InChI is InChI=1S/C23H26ClN5O7S/c1-4-34-23-17(10-21(31)36-23)28-37(32,33)19-7-5-15(26-14(3)30)9-18(19)35-13(2)11-29-12-25-16-6-8-20(24)27-22(16)29/h5-9,12-13,17,23,28H,4,10-11H2,1-3H3,(H,26,30)/t13-,17?,23?/m1/s1. The van der Waals surface area contributed by atoms with Crippen molar-refractivity contribution < 1.29 is 32.2 Å². The molecule has 0 radical (unpaired) electrons. The number of rotatable bonds is 10. The Labute approximate surface area is 218 Å². The van der Waals surface area contributed by atoms with Gasteiger partial charge >= 0.3 is 5.97 Å². The van der Waals surface area contributed by atoms with Gasteiger partial charge in [-0.3, -0.25) is 9.59 Å². The molecule has 1 aliphatic heterocycles. The zero-order valence-corrected chi connectivity index (χ0v) is 21.9. The first kappa shape index (κ1) is 26.8. The number of imidazole rings is 1. The fourth-order valence-corrected chi connectivity index (χ4v) is 5.38. The van der Waals surface area contributed by atoms with Crippen LogP contribution in [0.25, 0.3) is 11.2 Å². The van der Waals surface area contributed by atoms with Gasteiger partial charge in [-0.15, -0.1) is 0 Å². The molecule has 0 aliphatic carbocycles. The Bertz CT molecular complexity index is 1430. The highest BCUT2D eigenvalue weighted by atomic mass is 35.5.